The zero-order valence-corrected chi connectivity index (χ0v) is 16.1. The lowest BCUT2D eigenvalue weighted by Crippen LogP contribution is -2.36. The number of likely N-dealkylation sites (N-methyl/N-ethyl adjacent to an activating group) is 1. The highest BCUT2D eigenvalue weighted by molar-refractivity contribution is 5.95. The lowest BCUT2D eigenvalue weighted by molar-refractivity contribution is 0.0734. The predicted molar refractivity (Wildman–Crippen MR) is 110 cm³/mol. The molecule has 0 N–H and O–H groups in total. The van der Waals surface area contributed by atoms with Crippen LogP contribution in [0.15, 0.2) is 67.1 Å². The van der Waals surface area contributed by atoms with E-state index in [2.05, 4.69) is 33.1 Å². The number of benzene rings is 1. The Morgan fingerprint density at radius 1 is 1.07 bits per heavy atom. The third kappa shape index (κ3) is 4.03. The summed E-state index contributed by atoms with van der Waals surface area (Å²) in [6, 6.07) is 16.1. The lowest BCUT2D eigenvalue weighted by atomic mass is 9.99. The van der Waals surface area contributed by atoms with Crippen LogP contribution in [0, 0.1) is 0 Å². The van der Waals surface area contributed by atoms with E-state index in [4.69, 9.17) is 0 Å². The fourth-order valence-corrected chi connectivity index (χ4v) is 3.57. The van der Waals surface area contributed by atoms with Crippen molar-refractivity contribution in [2.24, 2.45) is 0 Å². The van der Waals surface area contributed by atoms with Gasteiger partial charge in [-0.3, -0.25) is 9.78 Å². The van der Waals surface area contributed by atoms with Crippen LogP contribution >= 0.6 is 0 Å². The summed E-state index contributed by atoms with van der Waals surface area (Å²) in [6.07, 6.45) is 7.16. The molecule has 3 heterocycles. The van der Waals surface area contributed by atoms with E-state index >= 15 is 0 Å². The van der Waals surface area contributed by atoms with Crippen molar-refractivity contribution < 1.29 is 4.79 Å². The summed E-state index contributed by atoms with van der Waals surface area (Å²) < 4.78 is 0. The molecule has 0 bridgehead atoms. The minimum Gasteiger partial charge on any atom is -0.359 e. The van der Waals surface area contributed by atoms with E-state index < -0.39 is 0 Å². The molecule has 0 saturated carbocycles. The molecule has 0 saturated heterocycles. The number of hydrogen-bond donors (Lipinski definition) is 0. The molecular formula is C23H24N4O. The first-order chi connectivity index (χ1) is 13.7. The number of rotatable bonds is 5. The molecule has 4 rings (SSSR count). The van der Waals surface area contributed by atoms with Gasteiger partial charge in [-0.15, -0.1) is 0 Å². The Labute approximate surface area is 165 Å². The summed E-state index contributed by atoms with van der Waals surface area (Å²) in [6.45, 7) is 2.25. The Morgan fingerprint density at radius 2 is 1.86 bits per heavy atom. The van der Waals surface area contributed by atoms with Crippen LogP contribution in [0.1, 0.15) is 27.0 Å². The molecule has 5 heteroatoms. The van der Waals surface area contributed by atoms with Crippen LogP contribution in [0.25, 0.3) is 0 Å². The van der Waals surface area contributed by atoms with Crippen molar-refractivity contribution in [3.63, 3.8) is 0 Å². The SMILES string of the molecule is CN(CCc1ccncc1)c1cc(C(=O)N2CCc3ccccc3C2)ccn1. The lowest BCUT2D eigenvalue weighted by Gasteiger charge is -2.29. The minimum atomic E-state index is 0.0701. The molecule has 0 aliphatic carbocycles. The van der Waals surface area contributed by atoms with Crippen molar-refractivity contribution in [2.75, 3.05) is 25.0 Å². The molecule has 2 aromatic heterocycles. The molecule has 0 radical (unpaired) electrons. The van der Waals surface area contributed by atoms with Gasteiger partial charge in [0.15, 0.2) is 0 Å². The van der Waals surface area contributed by atoms with Crippen molar-refractivity contribution in [2.45, 2.75) is 19.4 Å². The van der Waals surface area contributed by atoms with Gasteiger partial charge in [0.1, 0.15) is 5.82 Å². The van der Waals surface area contributed by atoms with Crippen LogP contribution in [0.5, 0.6) is 0 Å². The first kappa shape index (κ1) is 18.2. The second-order valence-electron chi connectivity index (χ2n) is 7.18. The molecule has 1 aliphatic rings. The van der Waals surface area contributed by atoms with Crippen LogP contribution in [0.2, 0.25) is 0 Å². The van der Waals surface area contributed by atoms with Gasteiger partial charge in [0.25, 0.3) is 5.91 Å². The zero-order valence-electron chi connectivity index (χ0n) is 16.1. The van der Waals surface area contributed by atoms with Crippen molar-refractivity contribution in [1.29, 1.82) is 0 Å². The number of aromatic nitrogens is 2. The summed E-state index contributed by atoms with van der Waals surface area (Å²) in [5.41, 5.74) is 4.52. The number of carbonyl (C=O) groups excluding carboxylic acids is 1. The van der Waals surface area contributed by atoms with Gasteiger partial charge in [0, 0.05) is 50.8 Å². The van der Waals surface area contributed by atoms with E-state index in [-0.39, 0.29) is 5.91 Å². The van der Waals surface area contributed by atoms with E-state index in [1.54, 1.807) is 6.20 Å². The number of amides is 1. The molecule has 142 valence electrons. The summed E-state index contributed by atoms with van der Waals surface area (Å²) in [7, 11) is 2.01. The topological polar surface area (TPSA) is 49.3 Å². The second kappa shape index (κ2) is 8.21. The Balaban J connectivity index is 1.44. The molecule has 0 spiro atoms. The van der Waals surface area contributed by atoms with E-state index in [0.717, 1.165) is 31.7 Å². The summed E-state index contributed by atoms with van der Waals surface area (Å²) in [5.74, 6) is 0.887. The maximum Gasteiger partial charge on any atom is 0.254 e. The molecule has 1 amide bonds. The third-order valence-electron chi connectivity index (χ3n) is 5.29. The van der Waals surface area contributed by atoms with Crippen molar-refractivity contribution in [1.82, 2.24) is 14.9 Å². The number of fused-ring (bicyclic) bond motifs is 1. The van der Waals surface area contributed by atoms with E-state index in [0.29, 0.717) is 12.1 Å². The van der Waals surface area contributed by atoms with Gasteiger partial charge in [-0.1, -0.05) is 24.3 Å². The number of pyridine rings is 2. The molecule has 1 aliphatic heterocycles. The van der Waals surface area contributed by atoms with Crippen LogP contribution in [-0.2, 0) is 19.4 Å². The standard InChI is InChI=1S/C23H24N4O/c1-26(14-9-18-6-11-24-12-7-18)22-16-20(8-13-25-22)23(28)27-15-10-19-4-2-3-5-21(19)17-27/h2-8,11-13,16H,9-10,14-15,17H2,1H3. The first-order valence-electron chi connectivity index (χ1n) is 9.63. The van der Waals surface area contributed by atoms with E-state index in [1.165, 1.54) is 16.7 Å². The fourth-order valence-electron chi connectivity index (χ4n) is 3.57. The number of hydrogen-bond acceptors (Lipinski definition) is 4. The van der Waals surface area contributed by atoms with Gasteiger partial charge in [0.2, 0.25) is 0 Å². The molecule has 3 aromatic rings. The average Bonchev–Trinajstić information content (AvgIpc) is 2.77. The summed E-state index contributed by atoms with van der Waals surface area (Å²) >= 11 is 0. The van der Waals surface area contributed by atoms with Gasteiger partial charge in [-0.2, -0.15) is 0 Å². The molecule has 0 fully saturated rings. The average molecular weight is 372 g/mol. The molecule has 0 atom stereocenters. The summed E-state index contributed by atoms with van der Waals surface area (Å²) in [4.78, 5) is 25.6. The smallest absolute Gasteiger partial charge is 0.254 e. The minimum absolute atomic E-state index is 0.0701. The molecule has 5 nitrogen and oxygen atoms in total. The Hall–Kier alpha value is -3.21. The van der Waals surface area contributed by atoms with Crippen LogP contribution in [0.3, 0.4) is 0 Å². The van der Waals surface area contributed by atoms with E-state index in [1.807, 2.05) is 54.7 Å². The second-order valence-corrected chi connectivity index (χ2v) is 7.18. The van der Waals surface area contributed by atoms with Gasteiger partial charge in [0.05, 0.1) is 0 Å². The van der Waals surface area contributed by atoms with E-state index in [9.17, 15) is 4.79 Å². The van der Waals surface area contributed by atoms with Crippen molar-refractivity contribution in [3.05, 3.63) is 89.4 Å². The molecule has 0 unspecified atom stereocenters. The quantitative estimate of drug-likeness (QED) is 0.689. The normalized spacial score (nSPS) is 13.1. The number of nitrogens with zero attached hydrogens (tertiary/aromatic N) is 4. The number of anilines is 1. The largest absolute Gasteiger partial charge is 0.359 e. The number of carbonyl (C=O) groups is 1. The zero-order chi connectivity index (χ0) is 19.3. The highest BCUT2D eigenvalue weighted by Gasteiger charge is 2.22. The van der Waals surface area contributed by atoms with Crippen molar-refractivity contribution >= 4 is 11.7 Å². The maximum absolute atomic E-state index is 13.0. The van der Waals surface area contributed by atoms with Crippen LogP contribution in [0.4, 0.5) is 5.82 Å². The van der Waals surface area contributed by atoms with Gasteiger partial charge < -0.3 is 9.80 Å². The highest BCUT2D eigenvalue weighted by Crippen LogP contribution is 2.21. The highest BCUT2D eigenvalue weighted by atomic mass is 16.2. The Morgan fingerprint density at radius 3 is 2.68 bits per heavy atom. The van der Waals surface area contributed by atoms with Crippen LogP contribution < -0.4 is 4.90 Å². The maximum atomic E-state index is 13.0. The predicted octanol–water partition coefficient (Wildman–Crippen LogP) is 3.35. The Bertz CT molecular complexity index is 958. The first-order valence-corrected chi connectivity index (χ1v) is 9.63. The van der Waals surface area contributed by atoms with Gasteiger partial charge >= 0.3 is 0 Å². The molecule has 28 heavy (non-hydrogen) atoms. The van der Waals surface area contributed by atoms with Crippen LogP contribution in [-0.4, -0.2) is 40.9 Å². The monoisotopic (exact) mass is 372 g/mol. The fraction of sp³-hybridized carbons (Fsp3) is 0.261. The molecular weight excluding hydrogens is 348 g/mol. The summed E-state index contributed by atoms with van der Waals surface area (Å²) in [5, 5.41) is 0. The van der Waals surface area contributed by atoms with Gasteiger partial charge in [-0.25, -0.2) is 4.98 Å². The van der Waals surface area contributed by atoms with Gasteiger partial charge in [-0.05, 0) is 53.8 Å². The molecule has 1 aromatic carbocycles. The Kier molecular flexibility index (Phi) is 5.33. The third-order valence-corrected chi connectivity index (χ3v) is 5.29. The van der Waals surface area contributed by atoms with Crippen molar-refractivity contribution in [3.8, 4) is 0 Å².